The lowest BCUT2D eigenvalue weighted by atomic mass is 10.1. The van der Waals surface area contributed by atoms with Crippen LogP contribution in [0.15, 0.2) is 15.7 Å². The minimum Gasteiger partial charge on any atom is -0.298 e. The first-order valence-electron chi connectivity index (χ1n) is 5.07. The third kappa shape index (κ3) is 2.31. The molecule has 1 aromatic heterocycles. The average Bonchev–Trinajstić information content (AvgIpc) is 2.93. The minimum absolute atomic E-state index is 0.0975. The molecular formula is C10H13ClN2O2. The van der Waals surface area contributed by atoms with Gasteiger partial charge in [-0.25, -0.2) is 4.79 Å². The molecule has 0 radical (unpaired) electrons. The summed E-state index contributed by atoms with van der Waals surface area (Å²) in [4.78, 5) is 25.4. The monoisotopic (exact) mass is 228 g/mol. The molecular weight excluding hydrogens is 216 g/mol. The Morgan fingerprint density at radius 2 is 2.27 bits per heavy atom. The smallest absolute Gasteiger partial charge is 0.298 e. The number of aromatic nitrogens is 2. The molecule has 82 valence electrons. The molecule has 0 bridgehead atoms. The summed E-state index contributed by atoms with van der Waals surface area (Å²) in [6.07, 6.45) is 2.42. The van der Waals surface area contributed by atoms with Crippen LogP contribution in [0, 0.1) is 11.8 Å². The van der Waals surface area contributed by atoms with E-state index in [0.717, 1.165) is 0 Å². The molecule has 1 heterocycles. The van der Waals surface area contributed by atoms with Crippen molar-refractivity contribution >= 4 is 11.6 Å². The van der Waals surface area contributed by atoms with E-state index in [0.29, 0.717) is 18.4 Å². The van der Waals surface area contributed by atoms with Crippen molar-refractivity contribution in [3.8, 4) is 0 Å². The van der Waals surface area contributed by atoms with E-state index >= 15 is 0 Å². The molecule has 1 aliphatic carbocycles. The van der Waals surface area contributed by atoms with Gasteiger partial charge in [0.05, 0.1) is 0 Å². The fourth-order valence-corrected chi connectivity index (χ4v) is 1.94. The second-order valence-corrected chi connectivity index (χ2v) is 4.59. The maximum atomic E-state index is 11.5. The molecule has 1 atom stereocenters. The van der Waals surface area contributed by atoms with E-state index in [4.69, 9.17) is 11.6 Å². The van der Waals surface area contributed by atoms with Crippen molar-refractivity contribution < 1.29 is 0 Å². The molecule has 4 nitrogen and oxygen atoms in total. The highest BCUT2D eigenvalue weighted by Gasteiger charge is 2.28. The van der Waals surface area contributed by atoms with Crippen LogP contribution >= 0.6 is 11.6 Å². The summed E-state index contributed by atoms with van der Waals surface area (Å²) in [6.45, 7) is 2.55. The number of nitrogens with zero attached hydrogens (tertiary/aromatic N) is 1. The SMILES string of the molecule is CC(Cn1c(=O)cc(Cl)[nH]c1=O)C1CC1. The highest BCUT2D eigenvalue weighted by atomic mass is 35.5. The summed E-state index contributed by atoms with van der Waals surface area (Å²) in [5.41, 5.74) is -0.740. The maximum absolute atomic E-state index is 11.5. The summed E-state index contributed by atoms with van der Waals surface area (Å²) < 4.78 is 1.22. The lowest BCUT2D eigenvalue weighted by Crippen LogP contribution is -2.36. The predicted molar refractivity (Wildman–Crippen MR) is 58.2 cm³/mol. The van der Waals surface area contributed by atoms with Crippen LogP contribution in [0.4, 0.5) is 0 Å². The number of halogens is 1. The largest absolute Gasteiger partial charge is 0.329 e. The van der Waals surface area contributed by atoms with Crippen LogP contribution in [-0.4, -0.2) is 9.55 Å². The maximum Gasteiger partial charge on any atom is 0.329 e. The van der Waals surface area contributed by atoms with Crippen molar-refractivity contribution in [2.24, 2.45) is 11.8 Å². The highest BCUT2D eigenvalue weighted by molar-refractivity contribution is 6.29. The van der Waals surface area contributed by atoms with Crippen LogP contribution in [-0.2, 0) is 6.54 Å². The van der Waals surface area contributed by atoms with Gasteiger partial charge in [0.15, 0.2) is 0 Å². The van der Waals surface area contributed by atoms with Crippen LogP contribution < -0.4 is 11.2 Å². The molecule has 1 fully saturated rings. The number of H-pyrrole nitrogens is 1. The van der Waals surface area contributed by atoms with E-state index in [1.165, 1.54) is 23.5 Å². The molecule has 0 aromatic carbocycles. The van der Waals surface area contributed by atoms with Gasteiger partial charge in [-0.2, -0.15) is 0 Å². The Hall–Kier alpha value is -1.03. The first-order chi connectivity index (χ1) is 7.08. The molecule has 0 amide bonds. The molecule has 0 aliphatic heterocycles. The summed E-state index contributed by atoms with van der Waals surface area (Å²) in [7, 11) is 0. The van der Waals surface area contributed by atoms with Crippen molar-refractivity contribution in [2.45, 2.75) is 26.3 Å². The Kier molecular flexibility index (Phi) is 2.69. The third-order valence-corrected chi connectivity index (χ3v) is 3.09. The van der Waals surface area contributed by atoms with E-state index in [1.807, 2.05) is 0 Å². The molecule has 15 heavy (non-hydrogen) atoms. The molecule has 1 aliphatic rings. The predicted octanol–water partition coefficient (Wildman–Crippen LogP) is 1.24. The van der Waals surface area contributed by atoms with Crippen LogP contribution in [0.25, 0.3) is 0 Å². The third-order valence-electron chi connectivity index (χ3n) is 2.89. The molecule has 1 aromatic rings. The zero-order valence-corrected chi connectivity index (χ0v) is 9.25. The molecule has 2 rings (SSSR count). The quantitative estimate of drug-likeness (QED) is 0.792. The topological polar surface area (TPSA) is 54.9 Å². The number of hydrogen-bond acceptors (Lipinski definition) is 2. The number of aromatic amines is 1. The minimum atomic E-state index is -0.417. The van der Waals surface area contributed by atoms with Gasteiger partial charge in [-0.15, -0.1) is 0 Å². The summed E-state index contributed by atoms with van der Waals surface area (Å²) in [5.74, 6) is 1.05. The van der Waals surface area contributed by atoms with Gasteiger partial charge in [-0.1, -0.05) is 18.5 Å². The lowest BCUT2D eigenvalue weighted by Gasteiger charge is -2.10. The van der Waals surface area contributed by atoms with Crippen LogP contribution in [0.5, 0.6) is 0 Å². The van der Waals surface area contributed by atoms with Gasteiger partial charge in [0.25, 0.3) is 5.56 Å². The molecule has 1 N–H and O–H groups in total. The summed E-state index contributed by atoms with van der Waals surface area (Å²) >= 11 is 5.56. The van der Waals surface area contributed by atoms with Crippen molar-refractivity contribution in [1.82, 2.24) is 9.55 Å². The molecule has 0 saturated heterocycles. The van der Waals surface area contributed by atoms with Crippen molar-refractivity contribution in [2.75, 3.05) is 0 Å². The number of rotatable bonds is 3. The second kappa shape index (κ2) is 3.85. The van der Waals surface area contributed by atoms with Crippen molar-refractivity contribution in [3.63, 3.8) is 0 Å². The van der Waals surface area contributed by atoms with Crippen LogP contribution in [0.1, 0.15) is 19.8 Å². The number of hydrogen-bond donors (Lipinski definition) is 1. The normalized spacial score (nSPS) is 17.7. The zero-order chi connectivity index (χ0) is 11.0. The molecule has 1 unspecified atom stereocenters. The zero-order valence-electron chi connectivity index (χ0n) is 8.50. The van der Waals surface area contributed by atoms with Crippen molar-refractivity contribution in [3.05, 3.63) is 32.1 Å². The van der Waals surface area contributed by atoms with Gasteiger partial charge in [0.1, 0.15) is 5.15 Å². The Morgan fingerprint density at radius 1 is 1.60 bits per heavy atom. The Morgan fingerprint density at radius 3 is 2.80 bits per heavy atom. The fourth-order valence-electron chi connectivity index (χ4n) is 1.77. The van der Waals surface area contributed by atoms with Gasteiger partial charge < -0.3 is 0 Å². The first-order valence-corrected chi connectivity index (χ1v) is 5.45. The number of nitrogens with one attached hydrogen (secondary N) is 1. The highest BCUT2D eigenvalue weighted by Crippen LogP contribution is 2.36. The fraction of sp³-hybridized carbons (Fsp3) is 0.600. The van der Waals surface area contributed by atoms with Crippen LogP contribution in [0.2, 0.25) is 5.15 Å². The van der Waals surface area contributed by atoms with Crippen molar-refractivity contribution in [1.29, 1.82) is 0 Å². The van der Waals surface area contributed by atoms with Gasteiger partial charge >= 0.3 is 5.69 Å². The Balaban J connectivity index is 2.27. The summed E-state index contributed by atoms with van der Waals surface area (Å²) in [6, 6.07) is 1.24. The van der Waals surface area contributed by atoms with E-state index in [9.17, 15) is 9.59 Å². The van der Waals surface area contributed by atoms with Crippen LogP contribution in [0.3, 0.4) is 0 Å². The van der Waals surface area contributed by atoms with Gasteiger partial charge in [-0.3, -0.25) is 14.3 Å². The Bertz CT molecular complexity index is 442. The van der Waals surface area contributed by atoms with Gasteiger partial charge in [-0.05, 0) is 24.7 Å². The van der Waals surface area contributed by atoms with E-state index < -0.39 is 5.69 Å². The molecule has 1 saturated carbocycles. The van der Waals surface area contributed by atoms with E-state index in [-0.39, 0.29) is 10.7 Å². The van der Waals surface area contributed by atoms with E-state index in [1.54, 1.807) is 0 Å². The molecule has 0 spiro atoms. The van der Waals surface area contributed by atoms with E-state index in [2.05, 4.69) is 11.9 Å². The standard InChI is InChI=1S/C10H13ClN2O2/c1-6(7-2-3-7)5-13-9(14)4-8(11)12-10(13)15/h4,6-7H,2-3,5H2,1H3,(H,12,15). The van der Waals surface area contributed by atoms with Gasteiger partial charge in [0.2, 0.25) is 0 Å². The first kappa shape index (κ1) is 10.5. The second-order valence-electron chi connectivity index (χ2n) is 4.19. The Labute approximate surface area is 91.9 Å². The summed E-state index contributed by atoms with van der Waals surface area (Å²) in [5, 5.41) is 0.0975. The molecule has 5 heteroatoms. The lowest BCUT2D eigenvalue weighted by molar-refractivity contribution is 0.412. The average molecular weight is 229 g/mol. The van der Waals surface area contributed by atoms with Gasteiger partial charge in [0, 0.05) is 12.6 Å².